The third-order valence-corrected chi connectivity index (χ3v) is 9.36. The Bertz CT molecular complexity index is 1270. The van der Waals surface area contributed by atoms with E-state index in [2.05, 4.69) is 10.2 Å². The van der Waals surface area contributed by atoms with Gasteiger partial charge in [-0.1, -0.05) is 44.2 Å². The Kier molecular flexibility index (Phi) is 10.7. The summed E-state index contributed by atoms with van der Waals surface area (Å²) < 4.78 is 29.0. The van der Waals surface area contributed by atoms with Crippen LogP contribution in [0, 0.1) is 11.3 Å². The number of nitrogens with zero attached hydrogens (tertiary/aromatic N) is 2. The molecule has 2 fully saturated rings. The van der Waals surface area contributed by atoms with E-state index >= 15 is 0 Å². The number of likely N-dealkylation sites (tertiary alicyclic amines) is 2. The van der Waals surface area contributed by atoms with Gasteiger partial charge in [-0.25, -0.2) is 8.42 Å². The van der Waals surface area contributed by atoms with Crippen molar-refractivity contribution in [3.8, 4) is 5.75 Å². The maximum absolute atomic E-state index is 13.5. The second kappa shape index (κ2) is 13.4. The molecule has 0 saturated carbocycles. The molecule has 2 amide bonds. The number of amides is 2. The highest BCUT2D eigenvalue weighted by atomic mass is 35.5. The summed E-state index contributed by atoms with van der Waals surface area (Å²) in [7, 11) is -1.59. The zero-order chi connectivity index (χ0) is 28.2. The van der Waals surface area contributed by atoms with E-state index < -0.39 is 9.84 Å². The van der Waals surface area contributed by atoms with Crippen molar-refractivity contribution >= 4 is 34.1 Å². The van der Waals surface area contributed by atoms with Crippen LogP contribution in [-0.2, 0) is 26.0 Å². The van der Waals surface area contributed by atoms with Crippen molar-refractivity contribution in [2.75, 3.05) is 39.5 Å². The average molecular weight is 592 g/mol. The van der Waals surface area contributed by atoms with Crippen molar-refractivity contribution in [3.63, 3.8) is 0 Å². The second-order valence-corrected chi connectivity index (χ2v) is 13.3. The minimum atomic E-state index is -3.24. The van der Waals surface area contributed by atoms with Gasteiger partial charge in [0, 0.05) is 37.4 Å². The summed E-state index contributed by atoms with van der Waals surface area (Å²) in [5, 5.41) is 3.20. The van der Waals surface area contributed by atoms with Crippen LogP contribution in [-0.4, -0.2) is 69.6 Å². The fraction of sp³-hybridized carbons (Fsp3) is 0.533. The monoisotopic (exact) mass is 591 g/mol. The fourth-order valence-corrected chi connectivity index (χ4v) is 6.31. The van der Waals surface area contributed by atoms with E-state index in [0.29, 0.717) is 11.4 Å². The molecule has 220 valence electrons. The topological polar surface area (TPSA) is 96.0 Å². The van der Waals surface area contributed by atoms with Crippen LogP contribution in [0.1, 0.15) is 56.7 Å². The maximum atomic E-state index is 13.5. The lowest BCUT2D eigenvalue weighted by Crippen LogP contribution is -2.45. The van der Waals surface area contributed by atoms with Gasteiger partial charge < -0.3 is 19.9 Å². The number of halogens is 1. The number of hydrogen-bond acceptors (Lipinski definition) is 6. The first-order chi connectivity index (χ1) is 18.5. The number of para-hydroxylation sites is 1. The van der Waals surface area contributed by atoms with Crippen LogP contribution in [0.3, 0.4) is 0 Å². The van der Waals surface area contributed by atoms with Crippen molar-refractivity contribution in [1.29, 1.82) is 0 Å². The first-order valence-corrected chi connectivity index (χ1v) is 15.7. The van der Waals surface area contributed by atoms with Gasteiger partial charge in [-0.3, -0.25) is 9.59 Å². The number of carbonyl (C=O) groups excluding carboxylic acids is 2. The van der Waals surface area contributed by atoms with Crippen molar-refractivity contribution < 1.29 is 22.7 Å². The molecule has 2 aromatic carbocycles. The summed E-state index contributed by atoms with van der Waals surface area (Å²) in [5.74, 6) is 0.897. The van der Waals surface area contributed by atoms with E-state index in [1.54, 1.807) is 31.4 Å². The molecule has 2 aliphatic heterocycles. The fourth-order valence-electron chi connectivity index (χ4n) is 5.68. The smallest absolute Gasteiger partial charge is 0.229 e. The van der Waals surface area contributed by atoms with Gasteiger partial charge >= 0.3 is 0 Å². The largest absolute Gasteiger partial charge is 0.496 e. The van der Waals surface area contributed by atoms with Crippen LogP contribution in [0.2, 0.25) is 0 Å². The van der Waals surface area contributed by atoms with Crippen LogP contribution < -0.4 is 10.1 Å². The van der Waals surface area contributed by atoms with Crippen LogP contribution in [0.15, 0.2) is 53.4 Å². The molecule has 0 bridgehead atoms. The molecule has 2 saturated heterocycles. The molecule has 8 nitrogen and oxygen atoms in total. The van der Waals surface area contributed by atoms with Gasteiger partial charge in [0.25, 0.3) is 0 Å². The first-order valence-electron chi connectivity index (χ1n) is 13.8. The molecule has 0 aliphatic carbocycles. The average Bonchev–Trinajstić information content (AvgIpc) is 3.21. The van der Waals surface area contributed by atoms with E-state index in [-0.39, 0.29) is 41.6 Å². The molecule has 2 aliphatic rings. The molecule has 1 unspecified atom stereocenters. The van der Waals surface area contributed by atoms with Gasteiger partial charge in [0.05, 0.1) is 23.5 Å². The molecule has 1 atom stereocenters. The highest BCUT2D eigenvalue weighted by molar-refractivity contribution is 7.90. The van der Waals surface area contributed by atoms with Gasteiger partial charge in [0.15, 0.2) is 9.84 Å². The van der Waals surface area contributed by atoms with Gasteiger partial charge in [0.1, 0.15) is 5.75 Å². The van der Waals surface area contributed by atoms with Crippen molar-refractivity contribution in [2.24, 2.45) is 11.3 Å². The Morgan fingerprint density at radius 2 is 1.65 bits per heavy atom. The maximum Gasteiger partial charge on any atom is 0.229 e. The summed E-state index contributed by atoms with van der Waals surface area (Å²) in [6.07, 6.45) is 4.47. The predicted molar refractivity (Wildman–Crippen MR) is 158 cm³/mol. The molecule has 1 N–H and O–H groups in total. The molecule has 1 spiro atoms. The number of hydrogen-bond donors (Lipinski definition) is 1. The number of ether oxygens (including phenoxy) is 1. The van der Waals surface area contributed by atoms with E-state index in [9.17, 15) is 18.0 Å². The molecule has 10 heteroatoms. The molecular weight excluding hydrogens is 550 g/mol. The highest BCUT2D eigenvalue weighted by Crippen LogP contribution is 2.42. The Morgan fingerprint density at radius 1 is 1.02 bits per heavy atom. The Balaban J connectivity index is 0.00000441. The number of rotatable bonds is 10. The van der Waals surface area contributed by atoms with E-state index in [1.807, 2.05) is 43.0 Å². The number of carbonyl (C=O) groups is 2. The van der Waals surface area contributed by atoms with Crippen molar-refractivity contribution in [2.45, 2.75) is 57.0 Å². The summed E-state index contributed by atoms with van der Waals surface area (Å²) in [6.45, 7) is 7.53. The minimum Gasteiger partial charge on any atom is -0.496 e. The zero-order valence-corrected chi connectivity index (χ0v) is 25.5. The number of sulfone groups is 1. The SMILES string of the molecule is COc1ccccc1C(CCN1CCC2(CC1)CCN(Cc1ccc(S(C)(=O)=O)cc1)C2=O)NC(=O)C(C)C.Cl. The first kappa shape index (κ1) is 31.9. The third-order valence-electron chi connectivity index (χ3n) is 8.23. The Labute approximate surface area is 244 Å². The van der Waals surface area contributed by atoms with E-state index in [1.165, 1.54) is 6.26 Å². The summed E-state index contributed by atoms with van der Waals surface area (Å²) in [5.41, 5.74) is 1.61. The number of methoxy groups -OCH3 is 1. The third kappa shape index (κ3) is 7.36. The normalized spacial score (nSPS) is 18.0. The highest BCUT2D eigenvalue weighted by Gasteiger charge is 2.47. The minimum absolute atomic E-state index is 0. The Hall–Kier alpha value is -2.62. The standard InChI is InChI=1S/C30H41N3O5S.ClH/c1-22(2)28(34)31-26(25-7-5-6-8-27(25)38-3)13-17-32-18-14-30(15-19-32)16-20-33(29(30)35)21-23-9-11-24(12-10-23)39(4,36)37;/h5-12,22,26H,13-21H2,1-4H3,(H,31,34);1H. The van der Waals surface area contributed by atoms with Crippen LogP contribution in [0.25, 0.3) is 0 Å². The summed E-state index contributed by atoms with van der Waals surface area (Å²) in [6, 6.07) is 14.5. The Morgan fingerprint density at radius 3 is 2.25 bits per heavy atom. The molecule has 0 aromatic heterocycles. The lowest BCUT2D eigenvalue weighted by Gasteiger charge is -2.38. The summed E-state index contributed by atoms with van der Waals surface area (Å²) in [4.78, 5) is 30.7. The molecule has 2 heterocycles. The van der Waals surface area contributed by atoms with Crippen LogP contribution in [0.4, 0.5) is 0 Å². The van der Waals surface area contributed by atoms with Gasteiger partial charge in [-0.05, 0) is 62.5 Å². The zero-order valence-electron chi connectivity index (χ0n) is 23.9. The van der Waals surface area contributed by atoms with E-state index in [0.717, 1.165) is 68.7 Å². The number of nitrogens with one attached hydrogen (secondary N) is 1. The lowest BCUT2D eigenvalue weighted by atomic mass is 9.77. The van der Waals surface area contributed by atoms with Crippen LogP contribution in [0.5, 0.6) is 5.75 Å². The predicted octanol–water partition coefficient (Wildman–Crippen LogP) is 4.24. The molecule has 40 heavy (non-hydrogen) atoms. The van der Waals surface area contributed by atoms with Crippen molar-refractivity contribution in [3.05, 3.63) is 59.7 Å². The lowest BCUT2D eigenvalue weighted by molar-refractivity contribution is -0.139. The molecule has 4 rings (SSSR count). The second-order valence-electron chi connectivity index (χ2n) is 11.3. The summed E-state index contributed by atoms with van der Waals surface area (Å²) >= 11 is 0. The quantitative estimate of drug-likeness (QED) is 0.444. The number of benzene rings is 2. The van der Waals surface area contributed by atoms with Gasteiger partial charge in [-0.15, -0.1) is 12.4 Å². The molecular formula is C30H42ClN3O5S. The van der Waals surface area contributed by atoms with E-state index in [4.69, 9.17) is 4.74 Å². The number of piperidine rings is 1. The van der Waals surface area contributed by atoms with Gasteiger partial charge in [0.2, 0.25) is 11.8 Å². The molecule has 0 radical (unpaired) electrons. The van der Waals surface area contributed by atoms with Crippen LogP contribution >= 0.6 is 12.4 Å². The molecule has 2 aromatic rings. The van der Waals surface area contributed by atoms with Gasteiger partial charge in [-0.2, -0.15) is 0 Å². The van der Waals surface area contributed by atoms with Crippen molar-refractivity contribution in [1.82, 2.24) is 15.1 Å².